The van der Waals surface area contributed by atoms with Crippen molar-refractivity contribution in [1.82, 2.24) is 20.1 Å². The van der Waals surface area contributed by atoms with Gasteiger partial charge in [0.1, 0.15) is 5.69 Å². The summed E-state index contributed by atoms with van der Waals surface area (Å²) in [4.78, 5) is 15.9. The zero-order chi connectivity index (χ0) is 16.0. The van der Waals surface area contributed by atoms with E-state index in [9.17, 15) is 4.79 Å². The first-order valence-corrected chi connectivity index (χ1v) is 8.11. The predicted molar refractivity (Wildman–Crippen MR) is 89.7 cm³/mol. The molecular weight excluding hydrogens is 312 g/mol. The van der Waals surface area contributed by atoms with Gasteiger partial charge in [-0.15, -0.1) is 0 Å². The third-order valence-corrected chi connectivity index (χ3v) is 4.87. The van der Waals surface area contributed by atoms with Crippen molar-refractivity contribution in [3.05, 3.63) is 52.4 Å². The summed E-state index contributed by atoms with van der Waals surface area (Å²) in [5.41, 5.74) is 3.87. The maximum absolute atomic E-state index is 12.5. The van der Waals surface area contributed by atoms with E-state index in [1.807, 2.05) is 12.1 Å². The van der Waals surface area contributed by atoms with Crippen LogP contribution in [-0.2, 0) is 13.5 Å². The van der Waals surface area contributed by atoms with Crippen LogP contribution in [-0.4, -0.2) is 20.7 Å². The van der Waals surface area contributed by atoms with Crippen molar-refractivity contribution in [2.45, 2.75) is 25.3 Å². The summed E-state index contributed by atoms with van der Waals surface area (Å²) >= 11 is 6.30. The van der Waals surface area contributed by atoms with Gasteiger partial charge < -0.3 is 10.3 Å². The number of benzene rings is 1. The standard InChI is InChI=1S/C17H17ClN4O/c1-22-14(8-9-19-22)17(23)20-13-7-3-5-11-10-4-2-6-12(18)15(10)21-16(11)13/h2,4,6,8-9,13,21H,3,5,7H2,1H3,(H,20,23). The van der Waals surface area contributed by atoms with Gasteiger partial charge in [-0.05, 0) is 37.0 Å². The number of rotatable bonds is 2. The SMILES string of the molecule is Cn1nccc1C(=O)NC1CCCc2c1[nH]c1c(Cl)cccc21. The van der Waals surface area contributed by atoms with E-state index in [1.165, 1.54) is 5.56 Å². The average molecular weight is 329 g/mol. The van der Waals surface area contributed by atoms with Crippen LogP contribution in [0.1, 0.15) is 40.6 Å². The molecule has 1 aromatic carbocycles. The van der Waals surface area contributed by atoms with Crippen LogP contribution in [0.2, 0.25) is 5.02 Å². The van der Waals surface area contributed by atoms with E-state index in [0.717, 1.165) is 35.9 Å². The zero-order valence-corrected chi connectivity index (χ0v) is 13.5. The number of halogens is 1. The Hall–Kier alpha value is -2.27. The minimum absolute atomic E-state index is 0.0235. The Morgan fingerprint density at radius 1 is 1.43 bits per heavy atom. The molecule has 1 unspecified atom stereocenters. The number of hydrogen-bond acceptors (Lipinski definition) is 2. The number of nitrogens with one attached hydrogen (secondary N) is 2. The molecule has 118 valence electrons. The molecule has 2 aromatic heterocycles. The molecule has 1 aliphatic rings. The minimum atomic E-state index is -0.104. The second-order valence-corrected chi connectivity index (χ2v) is 6.35. The van der Waals surface area contributed by atoms with Crippen molar-refractivity contribution in [2.75, 3.05) is 0 Å². The number of aryl methyl sites for hydroxylation is 2. The lowest BCUT2D eigenvalue weighted by Gasteiger charge is -2.23. The van der Waals surface area contributed by atoms with E-state index in [4.69, 9.17) is 11.6 Å². The first-order chi connectivity index (χ1) is 11.1. The number of nitrogens with zero attached hydrogens (tertiary/aromatic N) is 2. The zero-order valence-electron chi connectivity index (χ0n) is 12.8. The highest BCUT2D eigenvalue weighted by Crippen LogP contribution is 2.37. The molecule has 2 N–H and O–H groups in total. The molecule has 2 heterocycles. The third-order valence-electron chi connectivity index (χ3n) is 4.55. The molecule has 0 saturated carbocycles. The van der Waals surface area contributed by atoms with Gasteiger partial charge in [-0.2, -0.15) is 5.10 Å². The highest BCUT2D eigenvalue weighted by Gasteiger charge is 2.27. The topological polar surface area (TPSA) is 62.7 Å². The fourth-order valence-corrected chi connectivity index (χ4v) is 3.65. The maximum atomic E-state index is 12.5. The number of H-pyrrole nitrogens is 1. The molecule has 0 fully saturated rings. The van der Waals surface area contributed by atoms with Gasteiger partial charge in [0.2, 0.25) is 0 Å². The summed E-state index contributed by atoms with van der Waals surface area (Å²) in [5, 5.41) is 9.05. The number of fused-ring (bicyclic) bond motifs is 3. The lowest BCUT2D eigenvalue weighted by molar-refractivity contribution is 0.0922. The molecule has 0 bridgehead atoms. The lowest BCUT2D eigenvalue weighted by atomic mass is 9.91. The fourth-order valence-electron chi connectivity index (χ4n) is 3.43. The van der Waals surface area contributed by atoms with Crippen LogP contribution in [0.25, 0.3) is 10.9 Å². The van der Waals surface area contributed by atoms with Crippen LogP contribution < -0.4 is 5.32 Å². The van der Waals surface area contributed by atoms with E-state index in [2.05, 4.69) is 21.5 Å². The predicted octanol–water partition coefficient (Wildman–Crippen LogP) is 3.36. The number of amides is 1. The van der Waals surface area contributed by atoms with Gasteiger partial charge in [0.15, 0.2) is 0 Å². The molecular formula is C17H17ClN4O. The van der Waals surface area contributed by atoms with Crippen LogP contribution in [0.15, 0.2) is 30.5 Å². The Kier molecular flexibility index (Phi) is 3.38. The molecule has 5 nitrogen and oxygen atoms in total. The minimum Gasteiger partial charge on any atom is -0.355 e. The summed E-state index contributed by atoms with van der Waals surface area (Å²) in [6.45, 7) is 0. The molecule has 0 spiro atoms. The van der Waals surface area contributed by atoms with Crippen LogP contribution in [0.5, 0.6) is 0 Å². The average Bonchev–Trinajstić information content (AvgIpc) is 3.13. The van der Waals surface area contributed by atoms with E-state index in [1.54, 1.807) is 24.0 Å². The second kappa shape index (κ2) is 5.42. The monoisotopic (exact) mass is 328 g/mol. The number of aromatic nitrogens is 3. The van der Waals surface area contributed by atoms with Crippen molar-refractivity contribution >= 4 is 28.4 Å². The van der Waals surface area contributed by atoms with E-state index >= 15 is 0 Å². The number of para-hydroxylation sites is 1. The van der Waals surface area contributed by atoms with Gasteiger partial charge in [-0.1, -0.05) is 23.7 Å². The molecule has 0 radical (unpaired) electrons. The van der Waals surface area contributed by atoms with Gasteiger partial charge >= 0.3 is 0 Å². The van der Waals surface area contributed by atoms with Crippen LogP contribution in [0.3, 0.4) is 0 Å². The van der Waals surface area contributed by atoms with Crippen LogP contribution in [0, 0.1) is 0 Å². The Balaban J connectivity index is 1.71. The van der Waals surface area contributed by atoms with Crippen molar-refractivity contribution in [2.24, 2.45) is 7.05 Å². The maximum Gasteiger partial charge on any atom is 0.270 e. The number of carbonyl (C=O) groups is 1. The number of aromatic amines is 1. The molecule has 4 rings (SSSR count). The molecule has 1 atom stereocenters. The quantitative estimate of drug-likeness (QED) is 0.757. The Labute approximate surface area is 138 Å². The summed E-state index contributed by atoms with van der Waals surface area (Å²) in [5.74, 6) is -0.104. The van der Waals surface area contributed by atoms with Gasteiger partial charge in [0, 0.05) is 24.3 Å². The third kappa shape index (κ3) is 2.32. The molecule has 1 amide bonds. The Morgan fingerprint density at radius 3 is 3.09 bits per heavy atom. The van der Waals surface area contributed by atoms with Crippen LogP contribution in [0.4, 0.5) is 0 Å². The largest absolute Gasteiger partial charge is 0.355 e. The summed E-state index contributed by atoms with van der Waals surface area (Å²) in [6, 6.07) is 7.64. The van der Waals surface area contributed by atoms with Crippen LogP contribution >= 0.6 is 11.6 Å². The molecule has 1 aliphatic carbocycles. The number of carbonyl (C=O) groups excluding carboxylic acids is 1. The van der Waals surface area contributed by atoms with E-state index in [-0.39, 0.29) is 11.9 Å². The highest BCUT2D eigenvalue weighted by atomic mass is 35.5. The Bertz CT molecular complexity index is 895. The summed E-state index contributed by atoms with van der Waals surface area (Å²) < 4.78 is 1.58. The normalized spacial score (nSPS) is 17.2. The second-order valence-electron chi connectivity index (χ2n) is 5.94. The van der Waals surface area contributed by atoms with Gasteiger partial charge in [0.25, 0.3) is 5.91 Å². The molecule has 6 heteroatoms. The first kappa shape index (κ1) is 14.3. The molecule has 0 aliphatic heterocycles. The summed E-state index contributed by atoms with van der Waals surface area (Å²) in [6.07, 6.45) is 4.60. The van der Waals surface area contributed by atoms with Crippen molar-refractivity contribution in [1.29, 1.82) is 0 Å². The molecule has 0 saturated heterocycles. The van der Waals surface area contributed by atoms with Gasteiger partial charge in [0.05, 0.1) is 16.6 Å². The number of hydrogen-bond donors (Lipinski definition) is 2. The smallest absolute Gasteiger partial charge is 0.270 e. The van der Waals surface area contributed by atoms with Gasteiger partial charge in [-0.25, -0.2) is 0 Å². The van der Waals surface area contributed by atoms with E-state index in [0.29, 0.717) is 10.7 Å². The summed E-state index contributed by atoms with van der Waals surface area (Å²) in [7, 11) is 1.77. The molecule has 3 aromatic rings. The van der Waals surface area contributed by atoms with Gasteiger partial charge in [-0.3, -0.25) is 9.48 Å². The molecule has 23 heavy (non-hydrogen) atoms. The van der Waals surface area contributed by atoms with E-state index < -0.39 is 0 Å². The van der Waals surface area contributed by atoms with Crippen molar-refractivity contribution < 1.29 is 4.79 Å². The van der Waals surface area contributed by atoms with Crippen molar-refractivity contribution in [3.63, 3.8) is 0 Å². The first-order valence-electron chi connectivity index (χ1n) is 7.73. The fraction of sp³-hybridized carbons (Fsp3) is 0.294. The van der Waals surface area contributed by atoms with Crippen molar-refractivity contribution in [3.8, 4) is 0 Å². The highest BCUT2D eigenvalue weighted by molar-refractivity contribution is 6.35. The lowest BCUT2D eigenvalue weighted by Crippen LogP contribution is -2.32. The Morgan fingerprint density at radius 2 is 2.30 bits per heavy atom.